The topological polar surface area (TPSA) is 87.7 Å². The molecule has 1 fully saturated rings. The summed E-state index contributed by atoms with van der Waals surface area (Å²) in [5.74, 6) is -1.56. The zero-order valence-electron chi connectivity index (χ0n) is 16.7. The number of halogens is 3. The molecule has 0 aromatic heterocycles. The highest BCUT2D eigenvalue weighted by Gasteiger charge is 2.39. The van der Waals surface area contributed by atoms with Gasteiger partial charge in [0.2, 0.25) is 0 Å². The Hall–Kier alpha value is -2.58. The van der Waals surface area contributed by atoms with Gasteiger partial charge in [0, 0.05) is 34.4 Å². The molecule has 2 heterocycles. The highest BCUT2D eigenvalue weighted by atomic mass is 35.5. The molecule has 3 amide bonds. The monoisotopic (exact) mass is 493 g/mol. The summed E-state index contributed by atoms with van der Waals surface area (Å²) in [7, 11) is 0. The Morgan fingerprint density at radius 2 is 1.72 bits per heavy atom. The van der Waals surface area contributed by atoms with Crippen molar-refractivity contribution in [2.75, 3.05) is 23.4 Å². The molecule has 1 atom stereocenters. The Bertz CT molecular complexity index is 1090. The number of hydrogen-bond acceptors (Lipinski definition) is 5. The van der Waals surface area contributed by atoms with Gasteiger partial charge >= 0.3 is 0 Å². The molecule has 2 aliphatic heterocycles. The van der Waals surface area contributed by atoms with Gasteiger partial charge in [0.05, 0.1) is 11.8 Å². The molecular weight excluding hydrogens is 477 g/mol. The molecule has 0 aliphatic carbocycles. The Kier molecular flexibility index (Phi) is 6.71. The molecular formula is C22H18Cl3N3O4. The number of rotatable bonds is 6. The zero-order chi connectivity index (χ0) is 22.8. The lowest BCUT2D eigenvalue weighted by Gasteiger charge is -2.16. The first-order chi connectivity index (χ1) is 15.3. The Labute approximate surface area is 199 Å². The van der Waals surface area contributed by atoms with E-state index in [9.17, 15) is 14.4 Å². The van der Waals surface area contributed by atoms with Crippen LogP contribution in [0.15, 0.2) is 53.2 Å². The standard InChI is InChI=1S/C22H18Cl3N3O4/c23-13-8-14(24)10-16(9-13)28-21(30)18(25)19(22(28)31)27-15-5-3-12(4-6-15)20(29)26-11-17-2-1-7-32-17/h3-6,8-10,17,27H,1-2,7,11H2,(H,26,29). The molecule has 2 N–H and O–H groups in total. The van der Waals surface area contributed by atoms with Crippen LogP contribution in [-0.2, 0) is 14.3 Å². The Morgan fingerprint density at radius 3 is 2.34 bits per heavy atom. The van der Waals surface area contributed by atoms with Crippen LogP contribution in [0, 0.1) is 0 Å². The second kappa shape index (κ2) is 9.50. The van der Waals surface area contributed by atoms with E-state index >= 15 is 0 Å². The second-order valence-corrected chi connectivity index (χ2v) is 8.56. The van der Waals surface area contributed by atoms with Crippen LogP contribution in [0.5, 0.6) is 0 Å². The third-order valence-electron chi connectivity index (χ3n) is 5.06. The quantitative estimate of drug-likeness (QED) is 0.584. The molecule has 0 bridgehead atoms. The molecule has 10 heteroatoms. The van der Waals surface area contributed by atoms with Crippen molar-refractivity contribution in [2.24, 2.45) is 0 Å². The summed E-state index contributed by atoms with van der Waals surface area (Å²) in [5.41, 5.74) is 1.08. The molecule has 0 saturated carbocycles. The number of carbonyl (C=O) groups is 3. The normalized spacial score (nSPS) is 18.5. The van der Waals surface area contributed by atoms with E-state index in [-0.39, 0.29) is 38.5 Å². The van der Waals surface area contributed by atoms with Gasteiger partial charge in [-0.25, -0.2) is 4.90 Å². The summed E-state index contributed by atoms with van der Waals surface area (Å²) in [5, 5.41) is 6.00. The molecule has 1 saturated heterocycles. The highest BCUT2D eigenvalue weighted by Crippen LogP contribution is 2.33. The first-order valence-corrected chi connectivity index (χ1v) is 11.0. The average molecular weight is 495 g/mol. The molecule has 32 heavy (non-hydrogen) atoms. The van der Waals surface area contributed by atoms with Crippen molar-refractivity contribution < 1.29 is 19.1 Å². The summed E-state index contributed by atoms with van der Waals surface area (Å²) in [6.07, 6.45) is 1.99. The number of imide groups is 1. The third kappa shape index (κ3) is 4.76. The summed E-state index contributed by atoms with van der Waals surface area (Å²) < 4.78 is 5.49. The maximum absolute atomic E-state index is 12.9. The molecule has 2 aromatic rings. The fourth-order valence-corrected chi connectivity index (χ4v) is 4.20. The molecule has 4 rings (SSSR count). The number of amides is 3. The summed E-state index contributed by atoms with van der Waals surface area (Å²) in [6, 6.07) is 10.8. The van der Waals surface area contributed by atoms with Crippen LogP contribution in [0.1, 0.15) is 23.2 Å². The fourth-order valence-electron chi connectivity index (χ4n) is 3.48. The van der Waals surface area contributed by atoms with Crippen molar-refractivity contribution in [2.45, 2.75) is 18.9 Å². The number of nitrogens with zero attached hydrogens (tertiary/aromatic N) is 1. The number of hydrogen-bond donors (Lipinski definition) is 2. The van der Waals surface area contributed by atoms with Crippen LogP contribution in [0.4, 0.5) is 11.4 Å². The van der Waals surface area contributed by atoms with Gasteiger partial charge < -0.3 is 15.4 Å². The minimum atomic E-state index is -0.692. The van der Waals surface area contributed by atoms with Gasteiger partial charge in [0.25, 0.3) is 17.7 Å². The number of ether oxygens (including phenoxy) is 1. The second-order valence-electron chi connectivity index (χ2n) is 7.31. The maximum atomic E-state index is 12.9. The highest BCUT2D eigenvalue weighted by molar-refractivity contribution is 6.53. The van der Waals surface area contributed by atoms with Crippen molar-refractivity contribution in [1.82, 2.24) is 5.32 Å². The van der Waals surface area contributed by atoms with Gasteiger partial charge in [-0.05, 0) is 55.3 Å². The van der Waals surface area contributed by atoms with Gasteiger partial charge in [-0.2, -0.15) is 0 Å². The largest absolute Gasteiger partial charge is 0.376 e. The van der Waals surface area contributed by atoms with Crippen molar-refractivity contribution >= 4 is 63.9 Å². The predicted molar refractivity (Wildman–Crippen MR) is 123 cm³/mol. The van der Waals surface area contributed by atoms with Crippen molar-refractivity contribution in [1.29, 1.82) is 0 Å². The maximum Gasteiger partial charge on any atom is 0.283 e. The smallest absolute Gasteiger partial charge is 0.283 e. The Morgan fingerprint density at radius 1 is 1.03 bits per heavy atom. The molecule has 7 nitrogen and oxygen atoms in total. The Balaban J connectivity index is 1.44. The lowest BCUT2D eigenvalue weighted by molar-refractivity contribution is -0.120. The first kappa shape index (κ1) is 22.6. The minimum absolute atomic E-state index is 0.0530. The lowest BCUT2D eigenvalue weighted by atomic mass is 10.1. The van der Waals surface area contributed by atoms with Crippen molar-refractivity contribution in [3.63, 3.8) is 0 Å². The number of benzene rings is 2. The summed E-state index contributed by atoms with van der Waals surface area (Å²) in [6.45, 7) is 1.18. The molecule has 1 unspecified atom stereocenters. The van der Waals surface area contributed by atoms with Crippen LogP contribution < -0.4 is 15.5 Å². The number of nitrogens with one attached hydrogen (secondary N) is 2. The van der Waals surface area contributed by atoms with E-state index in [0.717, 1.165) is 24.3 Å². The minimum Gasteiger partial charge on any atom is -0.376 e. The van der Waals surface area contributed by atoms with Crippen LogP contribution in [0.3, 0.4) is 0 Å². The SMILES string of the molecule is O=C(NCC1CCCO1)c1ccc(NC2=C(Cl)C(=O)N(c3cc(Cl)cc(Cl)c3)C2=O)cc1. The van der Waals surface area contributed by atoms with Crippen LogP contribution >= 0.6 is 34.8 Å². The summed E-state index contributed by atoms with van der Waals surface area (Å²) in [4.78, 5) is 38.7. The van der Waals surface area contributed by atoms with Crippen LogP contribution in [0.25, 0.3) is 0 Å². The predicted octanol–water partition coefficient (Wildman–Crippen LogP) is 4.34. The lowest BCUT2D eigenvalue weighted by Crippen LogP contribution is -2.32. The van der Waals surface area contributed by atoms with E-state index in [1.165, 1.54) is 18.2 Å². The van der Waals surface area contributed by atoms with Gasteiger partial charge in [-0.1, -0.05) is 34.8 Å². The fraction of sp³-hybridized carbons (Fsp3) is 0.227. The van der Waals surface area contributed by atoms with E-state index in [4.69, 9.17) is 39.5 Å². The number of anilines is 2. The zero-order valence-corrected chi connectivity index (χ0v) is 18.9. The van der Waals surface area contributed by atoms with E-state index < -0.39 is 11.8 Å². The first-order valence-electron chi connectivity index (χ1n) is 9.85. The van der Waals surface area contributed by atoms with E-state index in [0.29, 0.717) is 17.8 Å². The van der Waals surface area contributed by atoms with Crippen LogP contribution in [0.2, 0.25) is 10.0 Å². The van der Waals surface area contributed by atoms with Gasteiger partial charge in [-0.15, -0.1) is 0 Å². The molecule has 2 aliphatic rings. The third-order valence-corrected chi connectivity index (χ3v) is 5.85. The van der Waals surface area contributed by atoms with Gasteiger partial charge in [-0.3, -0.25) is 14.4 Å². The van der Waals surface area contributed by atoms with Crippen molar-refractivity contribution in [3.05, 3.63) is 68.8 Å². The molecule has 0 radical (unpaired) electrons. The molecule has 166 valence electrons. The van der Waals surface area contributed by atoms with Gasteiger partial charge in [0.15, 0.2) is 0 Å². The number of carbonyl (C=O) groups excluding carboxylic acids is 3. The molecule has 2 aromatic carbocycles. The van der Waals surface area contributed by atoms with Crippen molar-refractivity contribution in [3.8, 4) is 0 Å². The van der Waals surface area contributed by atoms with Crippen LogP contribution in [-0.4, -0.2) is 37.0 Å². The summed E-state index contributed by atoms with van der Waals surface area (Å²) >= 11 is 18.1. The van der Waals surface area contributed by atoms with Gasteiger partial charge in [0.1, 0.15) is 10.7 Å². The van der Waals surface area contributed by atoms with E-state index in [2.05, 4.69) is 10.6 Å². The van der Waals surface area contributed by atoms with E-state index in [1.807, 2.05) is 0 Å². The van der Waals surface area contributed by atoms with E-state index in [1.54, 1.807) is 24.3 Å². The molecule has 0 spiro atoms. The average Bonchev–Trinajstić information content (AvgIpc) is 3.35.